The molecule has 1 heterocycles. The predicted octanol–water partition coefficient (Wildman–Crippen LogP) is 2.52. The van der Waals surface area contributed by atoms with Crippen LogP contribution >= 0.6 is 12.2 Å². The Hall–Kier alpha value is -2.02. The maximum absolute atomic E-state index is 12.0. The van der Waals surface area contributed by atoms with E-state index in [4.69, 9.17) is 4.52 Å². The Morgan fingerprint density at radius 3 is 2.58 bits per heavy atom. The smallest absolute Gasteiger partial charge is 0.263 e. The topological polar surface area (TPSA) is 84.6 Å². The molecule has 6 nitrogen and oxygen atoms in total. The largest absolute Gasteiger partial charge is 0.360 e. The van der Waals surface area contributed by atoms with Crippen molar-refractivity contribution in [3.8, 4) is 0 Å². The highest BCUT2D eigenvalue weighted by atomic mass is 32.2. The second kappa shape index (κ2) is 5.31. The van der Waals surface area contributed by atoms with Crippen molar-refractivity contribution in [3.63, 3.8) is 0 Å². The Kier molecular flexibility index (Phi) is 3.75. The van der Waals surface area contributed by atoms with Crippen molar-refractivity contribution in [2.24, 2.45) is 4.99 Å². The molecule has 98 valence electrons. The number of nitrogens with zero attached hydrogens (tertiary/aromatic N) is 2. The summed E-state index contributed by atoms with van der Waals surface area (Å²) in [7, 11) is -3.69. The molecule has 19 heavy (non-hydrogen) atoms. The van der Waals surface area contributed by atoms with Crippen LogP contribution < -0.4 is 4.72 Å². The van der Waals surface area contributed by atoms with Crippen molar-refractivity contribution in [2.75, 3.05) is 4.72 Å². The van der Waals surface area contributed by atoms with Gasteiger partial charge < -0.3 is 4.52 Å². The minimum Gasteiger partial charge on any atom is -0.360 e. The van der Waals surface area contributed by atoms with Crippen molar-refractivity contribution in [1.29, 1.82) is 0 Å². The number of aromatic nitrogens is 1. The van der Waals surface area contributed by atoms with Crippen LogP contribution in [0, 0.1) is 6.92 Å². The summed E-state index contributed by atoms with van der Waals surface area (Å²) in [5, 5.41) is 5.77. The van der Waals surface area contributed by atoms with Crippen LogP contribution in [-0.2, 0) is 10.0 Å². The first-order chi connectivity index (χ1) is 9.01. The predicted molar refractivity (Wildman–Crippen MR) is 73.2 cm³/mol. The number of rotatable bonds is 4. The van der Waals surface area contributed by atoms with Crippen molar-refractivity contribution < 1.29 is 12.9 Å². The Labute approximate surface area is 115 Å². The lowest BCUT2D eigenvalue weighted by atomic mass is 10.3. The number of anilines is 1. The van der Waals surface area contributed by atoms with Gasteiger partial charge in [-0.2, -0.15) is 4.99 Å². The summed E-state index contributed by atoms with van der Waals surface area (Å²) in [5.74, 6) is 0.654. The Bertz CT molecular complexity index is 729. The van der Waals surface area contributed by atoms with Crippen LogP contribution in [0.2, 0.25) is 0 Å². The van der Waals surface area contributed by atoms with E-state index in [1.807, 2.05) is 0 Å². The van der Waals surface area contributed by atoms with Crippen LogP contribution in [0.4, 0.5) is 11.5 Å². The van der Waals surface area contributed by atoms with Gasteiger partial charge in [0.25, 0.3) is 10.0 Å². The zero-order valence-electron chi connectivity index (χ0n) is 9.82. The van der Waals surface area contributed by atoms with Gasteiger partial charge in [-0.1, -0.05) is 5.16 Å². The third-order valence-electron chi connectivity index (χ3n) is 2.19. The highest BCUT2D eigenvalue weighted by Gasteiger charge is 2.15. The van der Waals surface area contributed by atoms with Crippen LogP contribution in [-0.4, -0.2) is 18.7 Å². The summed E-state index contributed by atoms with van der Waals surface area (Å²) >= 11 is 4.46. The maximum atomic E-state index is 12.0. The van der Waals surface area contributed by atoms with E-state index in [2.05, 4.69) is 32.3 Å². The number of nitrogens with one attached hydrogen (secondary N) is 1. The van der Waals surface area contributed by atoms with Crippen molar-refractivity contribution >= 4 is 38.9 Å². The molecule has 8 heteroatoms. The monoisotopic (exact) mass is 295 g/mol. The maximum Gasteiger partial charge on any atom is 0.263 e. The third kappa shape index (κ3) is 3.25. The minimum absolute atomic E-state index is 0.0940. The summed E-state index contributed by atoms with van der Waals surface area (Å²) < 4.78 is 31.1. The van der Waals surface area contributed by atoms with Crippen LogP contribution in [0.3, 0.4) is 0 Å². The zero-order chi connectivity index (χ0) is 13.9. The lowest BCUT2D eigenvalue weighted by molar-refractivity contribution is 0.400. The molecule has 0 aliphatic heterocycles. The molecule has 1 aromatic carbocycles. The van der Waals surface area contributed by atoms with Crippen LogP contribution in [0.15, 0.2) is 44.7 Å². The quantitative estimate of drug-likeness (QED) is 0.692. The molecule has 1 aromatic heterocycles. The average molecular weight is 295 g/mol. The number of aliphatic imine (C=N–C) groups is 1. The lowest BCUT2D eigenvalue weighted by Gasteiger charge is -2.04. The molecule has 0 saturated carbocycles. The summed E-state index contributed by atoms with van der Waals surface area (Å²) in [6, 6.07) is 7.38. The van der Waals surface area contributed by atoms with E-state index >= 15 is 0 Å². The Morgan fingerprint density at radius 1 is 1.37 bits per heavy atom. The number of thiocarbonyl (C=S) groups is 1. The van der Waals surface area contributed by atoms with Gasteiger partial charge in [0.1, 0.15) is 5.76 Å². The van der Waals surface area contributed by atoms with E-state index in [9.17, 15) is 8.42 Å². The Balaban J connectivity index is 2.26. The lowest BCUT2D eigenvalue weighted by Crippen LogP contribution is -2.12. The molecule has 1 N–H and O–H groups in total. The molecule has 0 radical (unpaired) electrons. The van der Waals surface area contributed by atoms with Gasteiger partial charge in [-0.25, -0.2) is 8.42 Å². The number of isothiocyanates is 1. The highest BCUT2D eigenvalue weighted by Crippen LogP contribution is 2.19. The Morgan fingerprint density at radius 2 is 2.05 bits per heavy atom. The van der Waals surface area contributed by atoms with Crippen molar-refractivity contribution in [2.45, 2.75) is 11.8 Å². The SMILES string of the molecule is Cc1cc(NS(=O)(=O)c2ccc(N=C=S)cc2)no1. The van der Waals surface area contributed by atoms with E-state index < -0.39 is 10.0 Å². The van der Waals surface area contributed by atoms with E-state index in [0.717, 1.165) is 0 Å². The number of sulfonamides is 1. The van der Waals surface area contributed by atoms with Gasteiger partial charge in [-0.05, 0) is 43.4 Å². The van der Waals surface area contributed by atoms with E-state index in [-0.39, 0.29) is 10.7 Å². The van der Waals surface area contributed by atoms with Crippen molar-refractivity contribution in [1.82, 2.24) is 5.16 Å². The van der Waals surface area contributed by atoms with Crippen LogP contribution in [0.1, 0.15) is 5.76 Å². The molecule has 0 saturated heterocycles. The molecule has 0 aliphatic carbocycles. The molecular formula is C11H9N3O3S2. The van der Waals surface area contributed by atoms with Gasteiger partial charge in [-0.3, -0.25) is 4.72 Å². The molecule has 0 unspecified atom stereocenters. The van der Waals surface area contributed by atoms with Crippen molar-refractivity contribution in [3.05, 3.63) is 36.1 Å². The first-order valence-electron chi connectivity index (χ1n) is 5.15. The van der Waals surface area contributed by atoms with E-state index in [1.54, 1.807) is 6.92 Å². The fraction of sp³-hybridized carbons (Fsp3) is 0.0909. The highest BCUT2D eigenvalue weighted by molar-refractivity contribution is 7.92. The number of hydrogen-bond donors (Lipinski definition) is 1. The van der Waals surface area contributed by atoms with Crippen LogP contribution in [0.25, 0.3) is 0 Å². The minimum atomic E-state index is -3.69. The van der Waals surface area contributed by atoms with Gasteiger partial charge in [0.05, 0.1) is 15.7 Å². The van der Waals surface area contributed by atoms with E-state index in [0.29, 0.717) is 11.4 Å². The molecule has 0 aliphatic rings. The van der Waals surface area contributed by atoms with Gasteiger partial charge in [-0.15, -0.1) is 0 Å². The fourth-order valence-electron chi connectivity index (χ4n) is 1.36. The summed E-state index contributed by atoms with van der Waals surface area (Å²) in [4.78, 5) is 3.83. The molecule has 0 amide bonds. The molecule has 0 bridgehead atoms. The van der Waals surface area contributed by atoms with Gasteiger partial charge in [0.15, 0.2) is 5.82 Å². The fourth-order valence-corrected chi connectivity index (χ4v) is 2.45. The van der Waals surface area contributed by atoms with Gasteiger partial charge in [0, 0.05) is 6.07 Å². The molecular weight excluding hydrogens is 286 g/mol. The normalized spacial score (nSPS) is 10.8. The summed E-state index contributed by atoms with van der Waals surface area (Å²) in [6.45, 7) is 1.67. The molecule has 0 atom stereocenters. The summed E-state index contributed by atoms with van der Waals surface area (Å²) in [6.07, 6.45) is 0. The van der Waals surface area contributed by atoms with Crippen LogP contribution in [0.5, 0.6) is 0 Å². The average Bonchev–Trinajstić information content (AvgIpc) is 2.75. The molecule has 2 aromatic rings. The first-order valence-corrected chi connectivity index (χ1v) is 7.04. The zero-order valence-corrected chi connectivity index (χ0v) is 11.5. The number of benzene rings is 1. The second-order valence-electron chi connectivity index (χ2n) is 3.63. The van der Waals surface area contributed by atoms with E-state index in [1.165, 1.54) is 30.3 Å². The molecule has 0 fully saturated rings. The van der Waals surface area contributed by atoms with Gasteiger partial charge in [0.2, 0.25) is 0 Å². The number of aryl methyl sites for hydroxylation is 1. The van der Waals surface area contributed by atoms with Gasteiger partial charge >= 0.3 is 0 Å². The summed E-state index contributed by atoms with van der Waals surface area (Å²) in [5.41, 5.74) is 0.534. The molecule has 2 rings (SSSR count). The number of hydrogen-bond acceptors (Lipinski definition) is 6. The first kappa shape index (κ1) is 13.4. The molecule has 0 spiro atoms. The second-order valence-corrected chi connectivity index (χ2v) is 5.49. The standard InChI is InChI=1S/C11H9N3O3S2/c1-8-6-11(13-17-8)14-19(15,16)10-4-2-9(3-5-10)12-7-18/h2-6H,1H3,(H,13,14). The third-order valence-corrected chi connectivity index (χ3v) is 3.65.